The standard InChI is InChI=1S/C11H11ClN2O3/c1-15-8-4-3-7-5-13-9(6-17-12)14-10(7)11(8)16-2/h3-5H,6H2,1-2H3. The number of benzene rings is 1. The van der Waals surface area contributed by atoms with E-state index < -0.39 is 0 Å². The quantitative estimate of drug-likeness (QED) is 0.838. The smallest absolute Gasteiger partial charge is 0.187 e. The molecule has 0 fully saturated rings. The van der Waals surface area contributed by atoms with Crippen LogP contribution in [-0.4, -0.2) is 24.2 Å². The number of fused-ring (bicyclic) bond motifs is 1. The first-order valence-electron chi connectivity index (χ1n) is 4.90. The summed E-state index contributed by atoms with van der Waals surface area (Å²) < 4.78 is 15.0. The van der Waals surface area contributed by atoms with Gasteiger partial charge in [0.15, 0.2) is 17.3 Å². The highest BCUT2D eigenvalue weighted by Crippen LogP contribution is 2.33. The van der Waals surface area contributed by atoms with Crippen LogP contribution in [0.3, 0.4) is 0 Å². The molecule has 0 aliphatic rings. The summed E-state index contributed by atoms with van der Waals surface area (Å²) in [5.41, 5.74) is 0.672. The molecule has 0 amide bonds. The largest absolute Gasteiger partial charge is 0.493 e. The molecule has 0 atom stereocenters. The first-order chi connectivity index (χ1) is 8.30. The highest BCUT2D eigenvalue weighted by molar-refractivity contribution is 6.07. The van der Waals surface area contributed by atoms with Crippen LogP contribution < -0.4 is 9.47 Å². The van der Waals surface area contributed by atoms with E-state index in [4.69, 9.17) is 21.3 Å². The Morgan fingerprint density at radius 1 is 1.24 bits per heavy atom. The fourth-order valence-electron chi connectivity index (χ4n) is 1.57. The van der Waals surface area contributed by atoms with E-state index in [1.807, 2.05) is 12.1 Å². The van der Waals surface area contributed by atoms with Gasteiger partial charge < -0.3 is 9.47 Å². The van der Waals surface area contributed by atoms with Crippen molar-refractivity contribution < 1.29 is 13.8 Å². The van der Waals surface area contributed by atoms with Gasteiger partial charge in [0.05, 0.1) is 26.1 Å². The second-order valence-corrected chi connectivity index (χ2v) is 3.50. The topological polar surface area (TPSA) is 53.5 Å². The minimum absolute atomic E-state index is 0.137. The molecule has 0 unspecified atom stereocenters. The van der Waals surface area contributed by atoms with Crippen molar-refractivity contribution in [2.75, 3.05) is 14.2 Å². The summed E-state index contributed by atoms with van der Waals surface area (Å²) in [6.45, 7) is 0.137. The van der Waals surface area contributed by atoms with Gasteiger partial charge in [-0.3, -0.25) is 4.29 Å². The van der Waals surface area contributed by atoms with Crippen molar-refractivity contribution in [2.24, 2.45) is 0 Å². The Balaban J connectivity index is 2.62. The van der Waals surface area contributed by atoms with E-state index in [1.54, 1.807) is 20.4 Å². The third-order valence-corrected chi connectivity index (χ3v) is 2.44. The van der Waals surface area contributed by atoms with Gasteiger partial charge in [0.1, 0.15) is 12.1 Å². The maximum Gasteiger partial charge on any atom is 0.187 e. The number of aromatic nitrogens is 2. The lowest BCUT2D eigenvalue weighted by molar-refractivity contribution is 0.328. The lowest BCUT2D eigenvalue weighted by atomic mass is 10.2. The van der Waals surface area contributed by atoms with Gasteiger partial charge in [0.25, 0.3) is 0 Å². The van der Waals surface area contributed by atoms with Crippen LogP contribution in [0.5, 0.6) is 11.5 Å². The fourth-order valence-corrected chi connectivity index (χ4v) is 1.66. The number of nitrogens with zero attached hydrogens (tertiary/aromatic N) is 2. The van der Waals surface area contributed by atoms with Crippen molar-refractivity contribution in [2.45, 2.75) is 6.61 Å². The first-order valence-corrected chi connectivity index (χ1v) is 5.21. The zero-order valence-electron chi connectivity index (χ0n) is 9.44. The number of methoxy groups -OCH3 is 2. The number of rotatable bonds is 4. The van der Waals surface area contributed by atoms with Crippen molar-refractivity contribution >= 4 is 22.8 Å². The predicted molar refractivity (Wildman–Crippen MR) is 63.3 cm³/mol. The summed E-state index contributed by atoms with van der Waals surface area (Å²) >= 11 is 5.18. The molecule has 6 heteroatoms. The molecule has 1 aromatic carbocycles. The van der Waals surface area contributed by atoms with E-state index in [9.17, 15) is 0 Å². The molecule has 1 heterocycles. The van der Waals surface area contributed by atoms with E-state index in [1.165, 1.54) is 0 Å². The van der Waals surface area contributed by atoms with Crippen molar-refractivity contribution in [3.8, 4) is 11.5 Å². The maximum absolute atomic E-state index is 5.29. The van der Waals surface area contributed by atoms with Crippen molar-refractivity contribution in [3.05, 3.63) is 24.2 Å². The van der Waals surface area contributed by atoms with Crippen molar-refractivity contribution in [3.63, 3.8) is 0 Å². The summed E-state index contributed by atoms with van der Waals surface area (Å²) in [6.07, 6.45) is 1.69. The fraction of sp³-hybridized carbons (Fsp3) is 0.273. The number of halogens is 1. The molecule has 2 aromatic rings. The zero-order valence-corrected chi connectivity index (χ0v) is 10.2. The number of hydrogen-bond donors (Lipinski definition) is 0. The molecule has 0 saturated heterocycles. The SMILES string of the molecule is COc1ccc2cnc(COCl)nc2c1OC. The van der Waals surface area contributed by atoms with Gasteiger partial charge in [0, 0.05) is 11.6 Å². The van der Waals surface area contributed by atoms with Gasteiger partial charge in [-0.2, -0.15) is 0 Å². The second-order valence-electron chi connectivity index (χ2n) is 3.28. The van der Waals surface area contributed by atoms with Crippen molar-refractivity contribution in [1.29, 1.82) is 0 Å². The van der Waals surface area contributed by atoms with E-state index in [0.717, 1.165) is 5.39 Å². The Morgan fingerprint density at radius 2 is 2.06 bits per heavy atom. The molecule has 0 radical (unpaired) electrons. The van der Waals surface area contributed by atoms with Gasteiger partial charge in [-0.05, 0) is 12.1 Å². The Hall–Kier alpha value is -1.59. The van der Waals surface area contributed by atoms with Crippen LogP contribution in [0.4, 0.5) is 0 Å². The molecule has 5 nitrogen and oxygen atoms in total. The first kappa shape index (κ1) is 11.9. The highest BCUT2D eigenvalue weighted by atomic mass is 35.5. The number of ether oxygens (including phenoxy) is 2. The molecule has 0 aliphatic carbocycles. The third kappa shape index (κ3) is 2.25. The van der Waals surface area contributed by atoms with Crippen LogP contribution in [0.1, 0.15) is 5.82 Å². The molecule has 0 bridgehead atoms. The lowest BCUT2D eigenvalue weighted by Gasteiger charge is -2.10. The van der Waals surface area contributed by atoms with Gasteiger partial charge in [-0.15, -0.1) is 0 Å². The van der Waals surface area contributed by atoms with Crippen LogP contribution >= 0.6 is 11.9 Å². The Labute approximate surface area is 103 Å². The van der Waals surface area contributed by atoms with E-state index in [-0.39, 0.29) is 6.61 Å². The minimum atomic E-state index is 0.137. The summed E-state index contributed by atoms with van der Waals surface area (Å²) in [7, 11) is 3.14. The average molecular weight is 255 g/mol. The van der Waals surface area contributed by atoms with Gasteiger partial charge in [-0.25, -0.2) is 9.97 Å². The summed E-state index contributed by atoms with van der Waals surface area (Å²) in [4.78, 5) is 8.43. The highest BCUT2D eigenvalue weighted by Gasteiger charge is 2.11. The molecular formula is C11H11ClN2O3. The normalized spacial score (nSPS) is 10.5. The number of hydrogen-bond acceptors (Lipinski definition) is 5. The van der Waals surface area contributed by atoms with Crippen LogP contribution in [0.25, 0.3) is 10.9 Å². The van der Waals surface area contributed by atoms with Crippen LogP contribution in [0, 0.1) is 0 Å². The summed E-state index contributed by atoms with van der Waals surface area (Å²) in [5.74, 6) is 1.68. The third-order valence-electron chi connectivity index (χ3n) is 2.33. The maximum atomic E-state index is 5.29. The average Bonchev–Trinajstić information content (AvgIpc) is 2.37. The van der Waals surface area contributed by atoms with Crippen molar-refractivity contribution in [1.82, 2.24) is 9.97 Å². The zero-order chi connectivity index (χ0) is 12.3. The molecule has 0 spiro atoms. The van der Waals surface area contributed by atoms with E-state index in [0.29, 0.717) is 22.8 Å². The summed E-state index contributed by atoms with van der Waals surface area (Å²) in [6, 6.07) is 3.67. The molecule has 0 N–H and O–H groups in total. The monoisotopic (exact) mass is 254 g/mol. The minimum Gasteiger partial charge on any atom is -0.493 e. The second kappa shape index (κ2) is 5.16. The van der Waals surface area contributed by atoms with Crippen LogP contribution in [0.15, 0.2) is 18.3 Å². The molecule has 17 heavy (non-hydrogen) atoms. The van der Waals surface area contributed by atoms with Gasteiger partial charge in [-0.1, -0.05) is 0 Å². The van der Waals surface area contributed by atoms with Gasteiger partial charge in [0.2, 0.25) is 0 Å². The Bertz CT molecular complexity index is 533. The Morgan fingerprint density at radius 3 is 2.71 bits per heavy atom. The molecule has 2 rings (SSSR count). The van der Waals surface area contributed by atoms with Crippen LogP contribution in [0.2, 0.25) is 0 Å². The van der Waals surface area contributed by atoms with Gasteiger partial charge >= 0.3 is 0 Å². The Kier molecular flexibility index (Phi) is 3.61. The molecule has 1 aromatic heterocycles. The molecule has 0 aliphatic heterocycles. The lowest BCUT2D eigenvalue weighted by Crippen LogP contribution is -1.98. The van der Waals surface area contributed by atoms with Crippen LogP contribution in [-0.2, 0) is 10.9 Å². The molecular weight excluding hydrogens is 244 g/mol. The van der Waals surface area contributed by atoms with E-state index >= 15 is 0 Å². The summed E-state index contributed by atoms with van der Waals surface area (Å²) in [5, 5.41) is 0.862. The predicted octanol–water partition coefficient (Wildman–Crippen LogP) is 2.32. The van der Waals surface area contributed by atoms with E-state index in [2.05, 4.69) is 14.3 Å². The molecule has 0 saturated carbocycles. The molecule has 90 valence electrons.